The molecule has 1 aromatic heterocycles. The van der Waals surface area contributed by atoms with E-state index in [1.54, 1.807) is 30.5 Å². The van der Waals surface area contributed by atoms with E-state index in [9.17, 15) is 0 Å². The van der Waals surface area contributed by atoms with E-state index in [4.69, 9.17) is 22.6 Å². The van der Waals surface area contributed by atoms with Crippen molar-refractivity contribution < 1.29 is 0 Å². The molecule has 0 amide bonds. The van der Waals surface area contributed by atoms with Crippen molar-refractivity contribution in [2.24, 2.45) is 0 Å². The topological polar surface area (TPSA) is 74.7 Å². The molecule has 2 aromatic carbocycles. The predicted octanol–water partition coefficient (Wildman–Crippen LogP) is 4.09. The number of nitrogens with zero attached hydrogens (tertiary/aromatic N) is 2. The normalized spacial score (nSPS) is 10.3. The molecule has 0 atom stereocenters. The SMILES string of the molecule is N#Cc1cccc(Nc2nccc3c(N)ccc(Cl)c23)c1. The lowest BCUT2D eigenvalue weighted by molar-refractivity contribution is 1.34. The zero-order valence-electron chi connectivity index (χ0n) is 11.0. The van der Waals surface area contributed by atoms with E-state index in [0.717, 1.165) is 16.5 Å². The second kappa shape index (κ2) is 5.31. The number of hydrogen-bond acceptors (Lipinski definition) is 4. The Hall–Kier alpha value is -2.77. The summed E-state index contributed by atoms with van der Waals surface area (Å²) in [5.41, 5.74) is 7.97. The Bertz CT molecular complexity index is 868. The van der Waals surface area contributed by atoms with Crippen molar-refractivity contribution in [3.05, 3.63) is 59.2 Å². The molecular formula is C16H11ClN4. The quantitative estimate of drug-likeness (QED) is 0.698. The summed E-state index contributed by atoms with van der Waals surface area (Å²) >= 11 is 6.27. The van der Waals surface area contributed by atoms with Gasteiger partial charge in [-0.25, -0.2) is 4.98 Å². The van der Waals surface area contributed by atoms with Gasteiger partial charge in [-0.15, -0.1) is 0 Å². The minimum absolute atomic E-state index is 0.575. The summed E-state index contributed by atoms with van der Waals surface area (Å²) in [6.45, 7) is 0. The van der Waals surface area contributed by atoms with Crippen LogP contribution in [0.2, 0.25) is 5.02 Å². The summed E-state index contributed by atoms with van der Waals surface area (Å²) in [7, 11) is 0. The van der Waals surface area contributed by atoms with E-state index in [2.05, 4.69) is 16.4 Å². The lowest BCUT2D eigenvalue weighted by atomic mass is 10.1. The largest absolute Gasteiger partial charge is 0.398 e. The van der Waals surface area contributed by atoms with Crippen LogP contribution in [0.5, 0.6) is 0 Å². The average Bonchev–Trinajstić information content (AvgIpc) is 2.51. The number of halogens is 1. The number of nitrogens with one attached hydrogen (secondary N) is 1. The minimum Gasteiger partial charge on any atom is -0.398 e. The first-order valence-electron chi connectivity index (χ1n) is 6.29. The van der Waals surface area contributed by atoms with Gasteiger partial charge < -0.3 is 11.1 Å². The molecule has 0 saturated carbocycles. The van der Waals surface area contributed by atoms with E-state index < -0.39 is 0 Å². The molecule has 21 heavy (non-hydrogen) atoms. The van der Waals surface area contributed by atoms with Crippen LogP contribution in [0.4, 0.5) is 17.2 Å². The molecule has 0 spiro atoms. The fourth-order valence-electron chi connectivity index (χ4n) is 2.18. The molecular weight excluding hydrogens is 284 g/mol. The van der Waals surface area contributed by atoms with Gasteiger partial charge in [-0.1, -0.05) is 17.7 Å². The first-order chi connectivity index (χ1) is 10.2. The van der Waals surface area contributed by atoms with Gasteiger partial charge in [0.05, 0.1) is 16.7 Å². The van der Waals surface area contributed by atoms with E-state index >= 15 is 0 Å². The third-order valence-electron chi connectivity index (χ3n) is 3.16. The predicted molar refractivity (Wildman–Crippen MR) is 85.6 cm³/mol. The van der Waals surface area contributed by atoms with Crippen molar-refractivity contribution in [2.45, 2.75) is 0 Å². The smallest absolute Gasteiger partial charge is 0.139 e. The summed E-state index contributed by atoms with van der Waals surface area (Å²) in [5, 5.41) is 14.3. The molecule has 0 bridgehead atoms. The summed E-state index contributed by atoms with van der Waals surface area (Å²) in [6.07, 6.45) is 1.67. The standard InChI is InChI=1S/C16H11ClN4/c17-13-4-5-14(19)12-6-7-20-16(15(12)13)21-11-3-1-2-10(8-11)9-18/h1-8H,19H2,(H,20,21). The number of nitrogens with two attached hydrogens (primary N) is 1. The van der Waals surface area contributed by atoms with Crippen LogP contribution in [0.15, 0.2) is 48.7 Å². The Morgan fingerprint density at radius 2 is 2.05 bits per heavy atom. The van der Waals surface area contributed by atoms with Gasteiger partial charge in [0.15, 0.2) is 0 Å². The molecule has 0 saturated heterocycles. The van der Waals surface area contributed by atoms with Gasteiger partial charge in [0.2, 0.25) is 0 Å². The Balaban J connectivity index is 2.13. The highest BCUT2D eigenvalue weighted by molar-refractivity contribution is 6.37. The maximum absolute atomic E-state index is 8.95. The number of anilines is 3. The molecule has 102 valence electrons. The summed E-state index contributed by atoms with van der Waals surface area (Å²) in [5.74, 6) is 0.611. The highest BCUT2D eigenvalue weighted by atomic mass is 35.5. The molecule has 0 aliphatic rings. The Labute approximate surface area is 126 Å². The van der Waals surface area contributed by atoms with Crippen molar-refractivity contribution in [1.82, 2.24) is 4.98 Å². The second-order valence-electron chi connectivity index (χ2n) is 4.54. The number of nitriles is 1. The van der Waals surface area contributed by atoms with Crippen molar-refractivity contribution in [2.75, 3.05) is 11.1 Å². The number of benzene rings is 2. The van der Waals surface area contributed by atoms with Crippen molar-refractivity contribution >= 4 is 39.6 Å². The molecule has 3 N–H and O–H groups in total. The average molecular weight is 295 g/mol. The molecule has 3 rings (SSSR count). The van der Waals surface area contributed by atoms with Crippen LogP contribution < -0.4 is 11.1 Å². The van der Waals surface area contributed by atoms with E-state index in [1.807, 2.05) is 18.2 Å². The number of fused-ring (bicyclic) bond motifs is 1. The van der Waals surface area contributed by atoms with Gasteiger partial charge in [-0.05, 0) is 36.4 Å². The van der Waals surface area contributed by atoms with E-state index in [1.165, 1.54) is 0 Å². The number of hydrogen-bond donors (Lipinski definition) is 2. The van der Waals surface area contributed by atoms with Crippen molar-refractivity contribution in [3.8, 4) is 6.07 Å². The van der Waals surface area contributed by atoms with Gasteiger partial charge >= 0.3 is 0 Å². The Kier molecular flexibility index (Phi) is 3.35. The summed E-state index contributed by atoms with van der Waals surface area (Å²) < 4.78 is 0. The fourth-order valence-corrected chi connectivity index (χ4v) is 2.43. The van der Waals surface area contributed by atoms with E-state index in [0.29, 0.717) is 22.1 Å². The fraction of sp³-hybridized carbons (Fsp3) is 0. The zero-order valence-corrected chi connectivity index (χ0v) is 11.7. The van der Waals surface area contributed by atoms with Gasteiger partial charge in [0, 0.05) is 28.3 Å². The van der Waals surface area contributed by atoms with Gasteiger partial charge in [0.25, 0.3) is 0 Å². The lowest BCUT2D eigenvalue weighted by Crippen LogP contribution is -1.97. The summed E-state index contributed by atoms with van der Waals surface area (Å²) in [4.78, 5) is 4.33. The van der Waals surface area contributed by atoms with Crippen LogP contribution in [0, 0.1) is 11.3 Å². The van der Waals surface area contributed by atoms with Crippen molar-refractivity contribution in [1.29, 1.82) is 5.26 Å². The molecule has 3 aromatic rings. The van der Waals surface area contributed by atoms with Crippen LogP contribution in [-0.4, -0.2) is 4.98 Å². The number of pyridine rings is 1. The zero-order chi connectivity index (χ0) is 14.8. The third kappa shape index (κ3) is 2.47. The highest BCUT2D eigenvalue weighted by Crippen LogP contribution is 2.33. The van der Waals surface area contributed by atoms with Gasteiger partial charge in [-0.2, -0.15) is 5.26 Å². The van der Waals surface area contributed by atoms with E-state index in [-0.39, 0.29) is 0 Å². The monoisotopic (exact) mass is 294 g/mol. The first-order valence-corrected chi connectivity index (χ1v) is 6.67. The van der Waals surface area contributed by atoms with Crippen LogP contribution in [-0.2, 0) is 0 Å². The molecule has 0 radical (unpaired) electrons. The lowest BCUT2D eigenvalue weighted by Gasteiger charge is -2.11. The maximum atomic E-state index is 8.95. The molecule has 5 heteroatoms. The number of rotatable bonds is 2. The first kappa shape index (κ1) is 13.2. The Morgan fingerprint density at radius 3 is 2.86 bits per heavy atom. The van der Waals surface area contributed by atoms with Crippen molar-refractivity contribution in [3.63, 3.8) is 0 Å². The highest BCUT2D eigenvalue weighted by Gasteiger charge is 2.09. The van der Waals surface area contributed by atoms with Gasteiger partial charge in [0.1, 0.15) is 5.82 Å². The third-order valence-corrected chi connectivity index (χ3v) is 3.48. The second-order valence-corrected chi connectivity index (χ2v) is 4.94. The maximum Gasteiger partial charge on any atom is 0.139 e. The van der Waals surface area contributed by atoms with Crippen LogP contribution in [0.25, 0.3) is 10.8 Å². The summed E-state index contributed by atoms with van der Waals surface area (Å²) in [6, 6.07) is 14.6. The molecule has 0 aliphatic heterocycles. The number of aromatic nitrogens is 1. The molecule has 0 unspecified atom stereocenters. The molecule has 4 nitrogen and oxygen atoms in total. The van der Waals surface area contributed by atoms with Gasteiger partial charge in [-0.3, -0.25) is 0 Å². The van der Waals surface area contributed by atoms with Crippen LogP contribution in [0.1, 0.15) is 5.56 Å². The molecule has 0 aliphatic carbocycles. The molecule has 1 heterocycles. The number of nitrogen functional groups attached to an aromatic ring is 1. The van der Waals surface area contributed by atoms with Crippen LogP contribution >= 0.6 is 11.6 Å². The van der Waals surface area contributed by atoms with Crippen LogP contribution in [0.3, 0.4) is 0 Å². The Morgan fingerprint density at radius 1 is 1.19 bits per heavy atom. The minimum atomic E-state index is 0.575. The molecule has 0 fully saturated rings.